The van der Waals surface area contributed by atoms with Crippen molar-refractivity contribution >= 4 is 0 Å². The Balaban J connectivity index is 1.60. The standard InChI is InChI=1S/C23H41N/c1-2-3-4-5-6-7-8-12-17-23(20-24)18-15-22(16-19-23)21-13-10-9-11-14-21/h21-22H,2-19H2,1H3. The van der Waals surface area contributed by atoms with Crippen molar-refractivity contribution in [3.8, 4) is 6.07 Å². The highest BCUT2D eigenvalue weighted by atomic mass is 14.4. The van der Waals surface area contributed by atoms with Crippen LogP contribution in [0.15, 0.2) is 0 Å². The molecule has 0 spiro atoms. The minimum Gasteiger partial charge on any atom is -0.198 e. The van der Waals surface area contributed by atoms with E-state index in [1.807, 2.05) is 0 Å². The summed E-state index contributed by atoms with van der Waals surface area (Å²) in [4.78, 5) is 0. The predicted molar refractivity (Wildman–Crippen MR) is 104 cm³/mol. The van der Waals surface area contributed by atoms with Gasteiger partial charge in [-0.05, 0) is 43.9 Å². The number of nitriles is 1. The van der Waals surface area contributed by atoms with E-state index in [2.05, 4.69) is 13.0 Å². The molecule has 0 atom stereocenters. The first-order valence-corrected chi connectivity index (χ1v) is 11.2. The maximum atomic E-state index is 9.79. The third kappa shape index (κ3) is 6.42. The van der Waals surface area contributed by atoms with Gasteiger partial charge in [0.05, 0.1) is 11.5 Å². The Morgan fingerprint density at radius 1 is 0.750 bits per heavy atom. The zero-order valence-corrected chi connectivity index (χ0v) is 16.3. The van der Waals surface area contributed by atoms with Crippen LogP contribution in [0, 0.1) is 28.6 Å². The summed E-state index contributed by atoms with van der Waals surface area (Å²) in [7, 11) is 0. The number of hydrogen-bond acceptors (Lipinski definition) is 1. The second-order valence-corrected chi connectivity index (χ2v) is 8.85. The number of nitrogens with zero attached hydrogens (tertiary/aromatic N) is 1. The molecule has 0 unspecified atom stereocenters. The first-order chi connectivity index (χ1) is 11.8. The molecule has 2 rings (SSSR count). The third-order valence-electron chi connectivity index (χ3n) is 7.05. The topological polar surface area (TPSA) is 23.8 Å². The fraction of sp³-hybridized carbons (Fsp3) is 0.957. The Morgan fingerprint density at radius 2 is 1.29 bits per heavy atom. The van der Waals surface area contributed by atoms with Gasteiger partial charge in [0.25, 0.3) is 0 Å². The third-order valence-corrected chi connectivity index (χ3v) is 7.05. The fourth-order valence-corrected chi connectivity index (χ4v) is 5.28. The molecule has 0 saturated heterocycles. The molecule has 0 aliphatic heterocycles. The molecule has 0 aromatic carbocycles. The fourth-order valence-electron chi connectivity index (χ4n) is 5.28. The lowest BCUT2D eigenvalue weighted by Crippen LogP contribution is -2.30. The molecule has 0 radical (unpaired) electrons. The summed E-state index contributed by atoms with van der Waals surface area (Å²) in [5, 5.41) is 9.79. The molecule has 2 fully saturated rings. The predicted octanol–water partition coefficient (Wildman–Crippen LogP) is 7.80. The van der Waals surface area contributed by atoms with E-state index in [4.69, 9.17) is 0 Å². The lowest BCUT2D eigenvalue weighted by Gasteiger charge is -2.39. The Hall–Kier alpha value is -0.510. The van der Waals surface area contributed by atoms with Gasteiger partial charge in [-0.1, -0.05) is 90.4 Å². The molecule has 2 saturated carbocycles. The molecular weight excluding hydrogens is 290 g/mol. The van der Waals surface area contributed by atoms with Gasteiger partial charge in [-0.15, -0.1) is 0 Å². The van der Waals surface area contributed by atoms with Gasteiger partial charge in [-0.25, -0.2) is 0 Å². The van der Waals surface area contributed by atoms with Crippen LogP contribution in [-0.2, 0) is 0 Å². The molecule has 0 aromatic rings. The molecular formula is C23H41N. The van der Waals surface area contributed by atoms with Crippen molar-refractivity contribution in [2.75, 3.05) is 0 Å². The second kappa shape index (κ2) is 11.2. The maximum Gasteiger partial charge on any atom is 0.0689 e. The van der Waals surface area contributed by atoms with Crippen LogP contribution in [0.5, 0.6) is 0 Å². The quantitative estimate of drug-likeness (QED) is 0.375. The van der Waals surface area contributed by atoms with E-state index in [9.17, 15) is 5.26 Å². The van der Waals surface area contributed by atoms with Crippen molar-refractivity contribution in [2.45, 2.75) is 122 Å². The van der Waals surface area contributed by atoms with Crippen LogP contribution in [-0.4, -0.2) is 0 Å². The largest absolute Gasteiger partial charge is 0.198 e. The van der Waals surface area contributed by atoms with Gasteiger partial charge in [0.1, 0.15) is 0 Å². The van der Waals surface area contributed by atoms with Crippen molar-refractivity contribution in [3.05, 3.63) is 0 Å². The summed E-state index contributed by atoms with van der Waals surface area (Å²) >= 11 is 0. The van der Waals surface area contributed by atoms with Gasteiger partial charge in [-0.2, -0.15) is 5.26 Å². The monoisotopic (exact) mass is 331 g/mol. The molecule has 0 heterocycles. The van der Waals surface area contributed by atoms with Crippen molar-refractivity contribution in [3.63, 3.8) is 0 Å². The van der Waals surface area contributed by atoms with E-state index in [1.54, 1.807) is 0 Å². The summed E-state index contributed by atoms with van der Waals surface area (Å²) in [5.74, 6) is 1.95. The van der Waals surface area contributed by atoms with Gasteiger partial charge in [0, 0.05) is 0 Å². The Morgan fingerprint density at radius 3 is 1.88 bits per heavy atom. The van der Waals surface area contributed by atoms with E-state index in [1.165, 1.54) is 116 Å². The molecule has 0 amide bonds. The summed E-state index contributed by atoms with van der Waals surface area (Å²) in [5.41, 5.74) is 0.0490. The van der Waals surface area contributed by atoms with E-state index in [0.717, 1.165) is 11.8 Å². The number of unbranched alkanes of at least 4 members (excludes halogenated alkanes) is 7. The molecule has 2 aliphatic carbocycles. The Labute approximate surface area is 151 Å². The highest BCUT2D eigenvalue weighted by Gasteiger charge is 2.37. The van der Waals surface area contributed by atoms with Crippen molar-refractivity contribution in [1.82, 2.24) is 0 Å². The van der Waals surface area contributed by atoms with E-state index < -0.39 is 0 Å². The minimum absolute atomic E-state index is 0.0490. The average Bonchev–Trinajstić information content (AvgIpc) is 2.65. The number of rotatable bonds is 10. The molecule has 24 heavy (non-hydrogen) atoms. The van der Waals surface area contributed by atoms with Crippen molar-refractivity contribution in [1.29, 1.82) is 5.26 Å². The highest BCUT2D eigenvalue weighted by Crippen LogP contribution is 2.46. The maximum absolute atomic E-state index is 9.79. The average molecular weight is 332 g/mol. The normalized spacial score (nSPS) is 28.6. The van der Waals surface area contributed by atoms with Crippen LogP contribution in [0.2, 0.25) is 0 Å². The van der Waals surface area contributed by atoms with Crippen LogP contribution in [0.3, 0.4) is 0 Å². The second-order valence-electron chi connectivity index (χ2n) is 8.85. The highest BCUT2D eigenvalue weighted by molar-refractivity contribution is 5.02. The van der Waals surface area contributed by atoms with Gasteiger partial charge < -0.3 is 0 Å². The molecule has 1 heteroatoms. The Bertz CT molecular complexity index is 353. The number of hydrogen-bond donors (Lipinski definition) is 0. The van der Waals surface area contributed by atoms with Crippen LogP contribution in [0.4, 0.5) is 0 Å². The lowest BCUT2D eigenvalue weighted by atomic mass is 9.64. The summed E-state index contributed by atoms with van der Waals surface area (Å²) in [6, 6.07) is 2.76. The van der Waals surface area contributed by atoms with Crippen LogP contribution in [0.25, 0.3) is 0 Å². The van der Waals surface area contributed by atoms with Crippen molar-refractivity contribution < 1.29 is 0 Å². The van der Waals surface area contributed by atoms with Crippen molar-refractivity contribution in [2.24, 2.45) is 17.3 Å². The van der Waals surface area contributed by atoms with Gasteiger partial charge in [0.15, 0.2) is 0 Å². The zero-order chi connectivity index (χ0) is 17.1. The molecule has 1 nitrogen and oxygen atoms in total. The molecule has 0 bridgehead atoms. The summed E-state index contributed by atoms with van der Waals surface area (Å²) < 4.78 is 0. The molecule has 2 aliphatic rings. The van der Waals surface area contributed by atoms with Crippen LogP contribution in [0.1, 0.15) is 122 Å². The summed E-state index contributed by atoms with van der Waals surface area (Å²) in [6.45, 7) is 2.28. The smallest absolute Gasteiger partial charge is 0.0689 e. The van der Waals surface area contributed by atoms with Crippen LogP contribution < -0.4 is 0 Å². The Kier molecular flexibility index (Phi) is 9.22. The zero-order valence-electron chi connectivity index (χ0n) is 16.3. The molecule has 138 valence electrons. The van der Waals surface area contributed by atoms with E-state index >= 15 is 0 Å². The van der Waals surface area contributed by atoms with E-state index in [0.29, 0.717) is 0 Å². The lowest BCUT2D eigenvalue weighted by molar-refractivity contribution is 0.129. The molecule has 0 N–H and O–H groups in total. The van der Waals surface area contributed by atoms with Crippen LogP contribution >= 0.6 is 0 Å². The molecule has 0 aromatic heterocycles. The first-order valence-electron chi connectivity index (χ1n) is 11.2. The summed E-state index contributed by atoms with van der Waals surface area (Å²) in [6.07, 6.45) is 24.6. The van der Waals surface area contributed by atoms with Gasteiger partial charge >= 0.3 is 0 Å². The van der Waals surface area contributed by atoms with Gasteiger partial charge in [-0.3, -0.25) is 0 Å². The van der Waals surface area contributed by atoms with Gasteiger partial charge in [0.2, 0.25) is 0 Å². The first kappa shape index (κ1) is 19.8. The SMILES string of the molecule is CCCCCCCCCCC1(C#N)CCC(C2CCCCC2)CC1. The van der Waals surface area contributed by atoms with E-state index in [-0.39, 0.29) is 5.41 Å². The minimum atomic E-state index is 0.0490.